The molecular formula is C18H21NO3S. The van der Waals surface area contributed by atoms with Gasteiger partial charge in [-0.3, -0.25) is 0 Å². The van der Waals surface area contributed by atoms with Crippen LogP contribution in [-0.2, 0) is 23.0 Å². The standard InChI is InChI=1S/C18H21NO3S/c1-18(2)11-10-15-12-16(8-9-17(15)22-18)23(20,21)19-13-14-6-4-3-5-7-14/h3-9,12,19H,10-11,13H2,1-2H3. The first kappa shape index (κ1) is 16.0. The average Bonchev–Trinajstić information content (AvgIpc) is 2.53. The molecule has 122 valence electrons. The Morgan fingerprint density at radius 3 is 2.61 bits per heavy atom. The van der Waals surface area contributed by atoms with Crippen LogP contribution in [-0.4, -0.2) is 14.0 Å². The maximum Gasteiger partial charge on any atom is 0.240 e. The first-order valence-electron chi connectivity index (χ1n) is 7.71. The van der Waals surface area contributed by atoms with Crippen molar-refractivity contribution in [1.82, 2.24) is 4.72 Å². The van der Waals surface area contributed by atoms with Crippen molar-refractivity contribution in [3.63, 3.8) is 0 Å². The second-order valence-electron chi connectivity index (χ2n) is 6.44. The number of nitrogens with one attached hydrogen (secondary N) is 1. The van der Waals surface area contributed by atoms with Gasteiger partial charge in [-0.25, -0.2) is 13.1 Å². The first-order valence-corrected chi connectivity index (χ1v) is 9.20. The number of sulfonamides is 1. The molecule has 5 heteroatoms. The minimum atomic E-state index is -3.53. The smallest absolute Gasteiger partial charge is 0.240 e. The Hall–Kier alpha value is -1.85. The zero-order valence-corrected chi connectivity index (χ0v) is 14.2. The van der Waals surface area contributed by atoms with Crippen LogP contribution in [0.4, 0.5) is 0 Å². The van der Waals surface area contributed by atoms with Crippen LogP contribution in [0.5, 0.6) is 5.75 Å². The van der Waals surface area contributed by atoms with Gasteiger partial charge in [0.25, 0.3) is 0 Å². The summed E-state index contributed by atoms with van der Waals surface area (Å²) < 4.78 is 33.5. The van der Waals surface area contributed by atoms with Crippen molar-refractivity contribution in [2.24, 2.45) is 0 Å². The molecule has 0 aliphatic carbocycles. The van der Waals surface area contributed by atoms with E-state index in [1.807, 2.05) is 44.2 Å². The van der Waals surface area contributed by atoms with Crippen molar-refractivity contribution >= 4 is 10.0 Å². The van der Waals surface area contributed by atoms with Crippen LogP contribution in [0, 0.1) is 0 Å². The third-order valence-corrected chi connectivity index (χ3v) is 5.43. The normalized spacial score (nSPS) is 16.4. The molecule has 1 N–H and O–H groups in total. The third kappa shape index (κ3) is 3.74. The quantitative estimate of drug-likeness (QED) is 0.935. The van der Waals surface area contributed by atoms with Gasteiger partial charge in [0.15, 0.2) is 0 Å². The van der Waals surface area contributed by atoms with Crippen LogP contribution in [0.1, 0.15) is 31.4 Å². The number of hydrogen-bond acceptors (Lipinski definition) is 3. The maximum absolute atomic E-state index is 12.5. The van der Waals surface area contributed by atoms with E-state index in [0.717, 1.165) is 29.7 Å². The molecule has 1 aliphatic heterocycles. The molecule has 0 aromatic heterocycles. The predicted octanol–water partition coefficient (Wildman–Crippen LogP) is 3.27. The Balaban J connectivity index is 1.78. The van der Waals surface area contributed by atoms with Gasteiger partial charge in [-0.05, 0) is 56.0 Å². The molecule has 0 atom stereocenters. The Morgan fingerprint density at radius 2 is 1.87 bits per heavy atom. The van der Waals surface area contributed by atoms with Crippen LogP contribution >= 0.6 is 0 Å². The lowest BCUT2D eigenvalue weighted by Crippen LogP contribution is -2.32. The van der Waals surface area contributed by atoms with Crippen LogP contribution in [0.15, 0.2) is 53.4 Å². The highest BCUT2D eigenvalue weighted by Crippen LogP contribution is 2.34. The van der Waals surface area contributed by atoms with Crippen molar-refractivity contribution < 1.29 is 13.2 Å². The molecule has 2 aromatic rings. The number of rotatable bonds is 4. The molecule has 0 bridgehead atoms. The van der Waals surface area contributed by atoms with E-state index < -0.39 is 10.0 Å². The largest absolute Gasteiger partial charge is 0.488 e. The number of benzene rings is 2. The van der Waals surface area contributed by atoms with Gasteiger partial charge in [0.2, 0.25) is 10.0 Å². The van der Waals surface area contributed by atoms with Crippen LogP contribution in [0.2, 0.25) is 0 Å². The SMILES string of the molecule is CC1(C)CCc2cc(S(=O)(=O)NCc3ccccc3)ccc2O1. The van der Waals surface area contributed by atoms with Gasteiger partial charge < -0.3 is 4.74 Å². The van der Waals surface area contributed by atoms with E-state index in [1.54, 1.807) is 18.2 Å². The molecule has 0 amide bonds. The summed E-state index contributed by atoms with van der Waals surface area (Å²) in [5.41, 5.74) is 1.69. The molecule has 0 saturated carbocycles. The lowest BCUT2D eigenvalue weighted by atomic mass is 9.94. The summed E-state index contributed by atoms with van der Waals surface area (Å²) >= 11 is 0. The molecule has 1 heterocycles. The molecule has 3 rings (SSSR count). The zero-order chi connectivity index (χ0) is 16.5. The Labute approximate surface area is 137 Å². The number of ether oxygens (including phenoxy) is 1. The van der Waals surface area contributed by atoms with Crippen molar-refractivity contribution in [2.75, 3.05) is 0 Å². The van der Waals surface area contributed by atoms with Crippen molar-refractivity contribution in [2.45, 2.75) is 43.7 Å². The van der Waals surface area contributed by atoms with Gasteiger partial charge in [-0.2, -0.15) is 0 Å². The highest BCUT2D eigenvalue weighted by atomic mass is 32.2. The Bertz CT molecular complexity index is 798. The van der Waals surface area contributed by atoms with E-state index in [9.17, 15) is 8.42 Å². The Kier molecular flexibility index (Phi) is 4.17. The topological polar surface area (TPSA) is 55.4 Å². The highest BCUT2D eigenvalue weighted by Gasteiger charge is 2.27. The van der Waals surface area contributed by atoms with Crippen LogP contribution < -0.4 is 9.46 Å². The highest BCUT2D eigenvalue weighted by molar-refractivity contribution is 7.89. The van der Waals surface area contributed by atoms with Gasteiger partial charge >= 0.3 is 0 Å². The fraction of sp³-hybridized carbons (Fsp3) is 0.333. The third-order valence-electron chi connectivity index (χ3n) is 4.03. The van der Waals surface area contributed by atoms with Crippen molar-refractivity contribution in [3.8, 4) is 5.75 Å². The van der Waals surface area contributed by atoms with E-state index in [1.165, 1.54) is 0 Å². The molecule has 2 aromatic carbocycles. The van der Waals surface area contributed by atoms with E-state index in [2.05, 4.69) is 4.72 Å². The molecule has 1 aliphatic rings. The van der Waals surface area contributed by atoms with Gasteiger partial charge in [0.1, 0.15) is 11.4 Å². The Morgan fingerprint density at radius 1 is 1.13 bits per heavy atom. The minimum absolute atomic E-state index is 0.195. The monoisotopic (exact) mass is 331 g/mol. The molecule has 0 radical (unpaired) electrons. The van der Waals surface area contributed by atoms with E-state index in [-0.39, 0.29) is 17.0 Å². The molecule has 0 unspecified atom stereocenters. The van der Waals surface area contributed by atoms with E-state index in [4.69, 9.17) is 4.74 Å². The minimum Gasteiger partial charge on any atom is -0.488 e. The molecular weight excluding hydrogens is 310 g/mol. The average molecular weight is 331 g/mol. The molecule has 0 spiro atoms. The van der Waals surface area contributed by atoms with Gasteiger partial charge in [0, 0.05) is 6.54 Å². The van der Waals surface area contributed by atoms with E-state index in [0.29, 0.717) is 0 Å². The lowest BCUT2D eigenvalue weighted by Gasteiger charge is -2.32. The summed E-state index contributed by atoms with van der Waals surface area (Å²) in [7, 11) is -3.53. The number of fused-ring (bicyclic) bond motifs is 1. The maximum atomic E-state index is 12.5. The second kappa shape index (κ2) is 5.98. The predicted molar refractivity (Wildman–Crippen MR) is 89.9 cm³/mol. The van der Waals surface area contributed by atoms with Gasteiger partial charge in [-0.15, -0.1) is 0 Å². The van der Waals surface area contributed by atoms with Crippen molar-refractivity contribution in [1.29, 1.82) is 0 Å². The van der Waals surface area contributed by atoms with Gasteiger partial charge in [0.05, 0.1) is 4.90 Å². The summed E-state index contributed by atoms with van der Waals surface area (Å²) in [5, 5.41) is 0. The summed E-state index contributed by atoms with van der Waals surface area (Å²) in [4.78, 5) is 0.287. The second-order valence-corrected chi connectivity index (χ2v) is 8.21. The molecule has 0 saturated heterocycles. The van der Waals surface area contributed by atoms with Crippen LogP contribution in [0.25, 0.3) is 0 Å². The van der Waals surface area contributed by atoms with E-state index >= 15 is 0 Å². The summed E-state index contributed by atoms with van der Waals surface area (Å²) in [6, 6.07) is 14.6. The van der Waals surface area contributed by atoms with Crippen molar-refractivity contribution in [3.05, 3.63) is 59.7 Å². The molecule has 4 nitrogen and oxygen atoms in total. The first-order chi connectivity index (χ1) is 10.9. The summed E-state index contributed by atoms with van der Waals surface area (Å²) in [6.07, 6.45) is 1.70. The molecule has 23 heavy (non-hydrogen) atoms. The summed E-state index contributed by atoms with van der Waals surface area (Å²) in [5.74, 6) is 0.781. The number of hydrogen-bond donors (Lipinski definition) is 1. The fourth-order valence-corrected chi connectivity index (χ4v) is 3.73. The van der Waals surface area contributed by atoms with Gasteiger partial charge in [-0.1, -0.05) is 30.3 Å². The zero-order valence-electron chi connectivity index (χ0n) is 13.4. The lowest BCUT2D eigenvalue weighted by molar-refractivity contribution is 0.0845. The molecule has 0 fully saturated rings. The summed E-state index contributed by atoms with van der Waals surface area (Å²) in [6.45, 7) is 4.37. The van der Waals surface area contributed by atoms with Crippen LogP contribution in [0.3, 0.4) is 0 Å². The fourth-order valence-electron chi connectivity index (χ4n) is 2.66. The number of aryl methyl sites for hydroxylation is 1.